The average molecular weight is 751 g/mol. The van der Waals surface area contributed by atoms with Crippen LogP contribution in [0.15, 0.2) is 91.0 Å². The van der Waals surface area contributed by atoms with Crippen LogP contribution in [-0.2, 0) is 0 Å². The van der Waals surface area contributed by atoms with Gasteiger partial charge >= 0.3 is 0 Å². The number of ketones is 1. The largest absolute Gasteiger partial charge is 0.289 e. The number of unbranched alkanes of at least 4 members (excludes halogenated alkanes) is 6. The van der Waals surface area contributed by atoms with Crippen LogP contribution in [0.25, 0.3) is 54.2 Å². The molecule has 3 aliphatic rings. The van der Waals surface area contributed by atoms with E-state index in [4.69, 9.17) is 0 Å². The Hall–Kier alpha value is -6.21. The van der Waals surface area contributed by atoms with Gasteiger partial charge < -0.3 is 0 Å². The molecule has 2 heterocycles. The minimum absolute atomic E-state index is 0.127. The first-order chi connectivity index (χ1) is 27.8. The normalized spacial score (nSPS) is 14.8. The first-order valence-electron chi connectivity index (χ1n) is 20.6. The molecule has 7 aromatic carbocycles. The minimum Gasteiger partial charge on any atom is -0.289 e. The number of anilines is 1. The van der Waals surface area contributed by atoms with Gasteiger partial charge in [-0.3, -0.25) is 28.9 Å². The second kappa shape index (κ2) is 13.5. The van der Waals surface area contributed by atoms with Crippen LogP contribution >= 0.6 is 0 Å². The zero-order valence-electron chi connectivity index (χ0n) is 32.2. The topological polar surface area (TPSA) is 91.8 Å². The zero-order chi connectivity index (χ0) is 39.1. The van der Waals surface area contributed by atoms with Crippen LogP contribution < -0.4 is 4.90 Å². The third kappa shape index (κ3) is 5.00. The smallest absolute Gasteiger partial charge is 0.266 e. The Labute approximate surface area is 330 Å². The lowest BCUT2D eigenvalue weighted by Crippen LogP contribution is -2.47. The second-order valence-corrected chi connectivity index (χ2v) is 16.0. The van der Waals surface area contributed by atoms with Crippen LogP contribution in [0, 0.1) is 0 Å². The van der Waals surface area contributed by atoms with Gasteiger partial charge in [-0.15, -0.1) is 0 Å². The van der Waals surface area contributed by atoms with E-state index in [0.29, 0.717) is 61.0 Å². The Kier molecular flexibility index (Phi) is 8.33. The lowest BCUT2D eigenvalue weighted by atomic mass is 9.82. The minimum atomic E-state index is -0.451. The van der Waals surface area contributed by atoms with Crippen LogP contribution in [-0.4, -0.2) is 40.4 Å². The Balaban J connectivity index is 1.10. The number of rotatable bonds is 12. The van der Waals surface area contributed by atoms with Gasteiger partial charge in [-0.05, 0) is 81.1 Å². The highest BCUT2D eigenvalue weighted by molar-refractivity contribution is 6.44. The van der Waals surface area contributed by atoms with Crippen LogP contribution in [0.4, 0.5) is 5.69 Å². The highest BCUT2D eigenvalue weighted by atomic mass is 16.2. The monoisotopic (exact) mass is 750 g/mol. The SMILES string of the molecule is CCCCCCC(CCCCCC)N1C(=O)c2ccc3c4ccc5c6c(ccc(c7ccc(c2c37)C1=O)c64)C(=O)N(c1cccc2c1-c1ccccc1C2=O)C5=O. The van der Waals surface area contributed by atoms with E-state index in [0.717, 1.165) is 96.5 Å². The van der Waals surface area contributed by atoms with Gasteiger partial charge in [0.2, 0.25) is 0 Å². The molecule has 0 fully saturated rings. The molecule has 57 heavy (non-hydrogen) atoms. The first-order valence-corrected chi connectivity index (χ1v) is 20.6. The van der Waals surface area contributed by atoms with Gasteiger partial charge in [-0.1, -0.05) is 126 Å². The fourth-order valence-corrected chi connectivity index (χ4v) is 10.1. The van der Waals surface area contributed by atoms with Gasteiger partial charge in [0, 0.05) is 55.8 Å². The summed E-state index contributed by atoms with van der Waals surface area (Å²) in [6, 6.07) is 27.5. The first kappa shape index (κ1) is 35.2. The molecule has 0 aromatic heterocycles. The summed E-state index contributed by atoms with van der Waals surface area (Å²) >= 11 is 0. The summed E-state index contributed by atoms with van der Waals surface area (Å²) in [5.41, 5.74) is 4.59. The molecule has 4 amide bonds. The summed E-state index contributed by atoms with van der Waals surface area (Å²) in [4.78, 5) is 74.4. The van der Waals surface area contributed by atoms with E-state index in [9.17, 15) is 24.0 Å². The fraction of sp³-hybridized carbons (Fsp3) is 0.260. The molecule has 7 aromatic rings. The summed E-state index contributed by atoms with van der Waals surface area (Å²) in [6.07, 6.45) is 10.3. The molecule has 282 valence electrons. The summed E-state index contributed by atoms with van der Waals surface area (Å²) in [5, 5.41) is 6.35. The quantitative estimate of drug-likeness (QED) is 0.0536. The van der Waals surface area contributed by atoms with E-state index in [2.05, 4.69) is 13.8 Å². The van der Waals surface area contributed by atoms with Crippen molar-refractivity contribution >= 4 is 78.2 Å². The van der Waals surface area contributed by atoms with Crippen LogP contribution in [0.5, 0.6) is 0 Å². The highest BCUT2D eigenvalue weighted by Crippen LogP contribution is 2.49. The Morgan fingerprint density at radius 2 is 0.877 bits per heavy atom. The molecule has 0 saturated carbocycles. The molecule has 1 aliphatic carbocycles. The van der Waals surface area contributed by atoms with Crippen molar-refractivity contribution in [1.82, 2.24) is 4.90 Å². The van der Waals surface area contributed by atoms with Crippen molar-refractivity contribution < 1.29 is 24.0 Å². The number of amides is 4. The van der Waals surface area contributed by atoms with Gasteiger partial charge in [0.05, 0.1) is 5.69 Å². The summed E-state index contributed by atoms with van der Waals surface area (Å²) in [6.45, 7) is 4.38. The fourth-order valence-electron chi connectivity index (χ4n) is 10.1. The number of carbonyl (C=O) groups is 5. The number of hydrogen-bond acceptors (Lipinski definition) is 5. The number of hydrogen-bond donors (Lipinski definition) is 0. The molecule has 0 bridgehead atoms. The van der Waals surface area contributed by atoms with Crippen molar-refractivity contribution in [2.75, 3.05) is 4.90 Å². The molecule has 0 atom stereocenters. The van der Waals surface area contributed by atoms with Gasteiger partial charge in [0.1, 0.15) is 0 Å². The van der Waals surface area contributed by atoms with Crippen molar-refractivity contribution in [2.45, 2.75) is 84.1 Å². The molecule has 0 radical (unpaired) electrons. The maximum atomic E-state index is 14.6. The van der Waals surface area contributed by atoms with E-state index in [1.807, 2.05) is 54.6 Å². The summed E-state index contributed by atoms with van der Waals surface area (Å²) in [5.74, 6) is -1.48. The summed E-state index contributed by atoms with van der Waals surface area (Å²) in [7, 11) is 0. The standard InChI is InChI=1S/C50H42N2O5/c1-3-5-7-9-14-28(15-10-8-6-4-2)51-47(54)36-24-20-30-32-22-26-38-45-39(27-23-33(43(32)45)31-21-25-37(48(51)55)44(36)42(30)31)50(57)52(49(38)56)40-19-13-18-35-41(40)29-16-11-12-17-34(29)46(35)53/h11-13,16-28H,3-10,14-15H2,1-2H3. The molecule has 2 aliphatic heterocycles. The maximum Gasteiger partial charge on any atom is 0.266 e. The Morgan fingerprint density at radius 3 is 1.37 bits per heavy atom. The number of carbonyl (C=O) groups excluding carboxylic acids is 5. The highest BCUT2D eigenvalue weighted by Gasteiger charge is 2.41. The van der Waals surface area contributed by atoms with Crippen molar-refractivity contribution in [2.24, 2.45) is 0 Å². The molecule has 7 nitrogen and oxygen atoms in total. The number of nitrogens with zero attached hydrogens (tertiary/aromatic N) is 2. The van der Waals surface area contributed by atoms with Crippen molar-refractivity contribution in [3.05, 3.63) is 124 Å². The third-order valence-corrected chi connectivity index (χ3v) is 12.8. The van der Waals surface area contributed by atoms with Gasteiger partial charge in [-0.25, -0.2) is 4.90 Å². The lowest BCUT2D eigenvalue weighted by molar-refractivity contribution is 0.0516. The molecular weight excluding hydrogens is 709 g/mol. The molecule has 0 N–H and O–H groups in total. The molecule has 7 heteroatoms. The molecule has 0 unspecified atom stereocenters. The zero-order valence-corrected chi connectivity index (χ0v) is 32.2. The maximum absolute atomic E-state index is 14.6. The van der Waals surface area contributed by atoms with Crippen LogP contribution in [0.3, 0.4) is 0 Å². The predicted molar refractivity (Wildman–Crippen MR) is 226 cm³/mol. The van der Waals surface area contributed by atoms with Crippen molar-refractivity contribution in [3.8, 4) is 11.1 Å². The van der Waals surface area contributed by atoms with Crippen molar-refractivity contribution in [3.63, 3.8) is 0 Å². The van der Waals surface area contributed by atoms with Gasteiger partial charge in [0.15, 0.2) is 5.78 Å². The third-order valence-electron chi connectivity index (χ3n) is 12.8. The van der Waals surface area contributed by atoms with Crippen molar-refractivity contribution in [1.29, 1.82) is 0 Å². The number of imide groups is 2. The average Bonchev–Trinajstić information content (AvgIpc) is 3.53. The molecule has 10 rings (SSSR count). The summed E-state index contributed by atoms with van der Waals surface area (Å²) < 4.78 is 0. The van der Waals surface area contributed by atoms with Crippen LogP contribution in [0.1, 0.15) is 135 Å². The van der Waals surface area contributed by atoms with E-state index in [1.165, 1.54) is 4.90 Å². The number of fused-ring (bicyclic) bond motifs is 5. The Bertz CT molecular complexity index is 2770. The molecular formula is C50H42N2O5. The van der Waals surface area contributed by atoms with Gasteiger partial charge in [-0.2, -0.15) is 0 Å². The molecule has 0 saturated heterocycles. The van der Waals surface area contributed by atoms with Gasteiger partial charge in [0.25, 0.3) is 23.6 Å². The Morgan fingerprint density at radius 1 is 0.421 bits per heavy atom. The molecule has 0 spiro atoms. The second-order valence-electron chi connectivity index (χ2n) is 16.0. The van der Waals surface area contributed by atoms with E-state index in [-0.39, 0.29) is 23.6 Å². The number of benzene rings is 7. The lowest BCUT2D eigenvalue weighted by Gasteiger charge is -2.35. The van der Waals surface area contributed by atoms with E-state index in [1.54, 1.807) is 41.3 Å². The predicted octanol–water partition coefficient (Wildman–Crippen LogP) is 11.7. The van der Waals surface area contributed by atoms with E-state index < -0.39 is 11.8 Å². The van der Waals surface area contributed by atoms with E-state index >= 15 is 0 Å². The van der Waals surface area contributed by atoms with Crippen LogP contribution in [0.2, 0.25) is 0 Å².